The second kappa shape index (κ2) is 8.16. The molecule has 0 spiro atoms. The van der Waals surface area contributed by atoms with Gasteiger partial charge in [-0.05, 0) is 37.0 Å². The molecule has 0 radical (unpaired) electrons. The van der Waals surface area contributed by atoms with E-state index in [0.29, 0.717) is 29.7 Å². The number of aromatic nitrogens is 2. The van der Waals surface area contributed by atoms with Crippen LogP contribution in [-0.2, 0) is 30.7 Å². The van der Waals surface area contributed by atoms with Crippen molar-refractivity contribution in [2.45, 2.75) is 18.2 Å². The number of primary amides is 1. The SMILES string of the molecule is CC(C(N)=O)(C(=O)Cn1cc2cc(C#CC#CC3(CO)COC3)ccc2n1)S(C)(=O)=O. The molecule has 10 heteroatoms. The van der Waals surface area contributed by atoms with E-state index in [0.717, 1.165) is 13.2 Å². The molecule has 0 bridgehead atoms. The summed E-state index contributed by atoms with van der Waals surface area (Å²) in [5.41, 5.74) is 5.89. The number of amides is 1. The van der Waals surface area contributed by atoms with E-state index in [1.54, 1.807) is 24.4 Å². The molecule has 1 aliphatic rings. The van der Waals surface area contributed by atoms with Gasteiger partial charge >= 0.3 is 0 Å². The number of carbonyl (C=O) groups is 2. The van der Waals surface area contributed by atoms with E-state index in [1.165, 1.54) is 4.68 Å². The van der Waals surface area contributed by atoms with Gasteiger partial charge in [0.05, 0.1) is 25.3 Å². The molecule has 3 N–H and O–H groups in total. The number of hydrogen-bond acceptors (Lipinski definition) is 7. The molecule has 0 aliphatic carbocycles. The zero-order valence-corrected chi connectivity index (χ0v) is 17.8. The van der Waals surface area contributed by atoms with Crippen LogP contribution in [0.1, 0.15) is 12.5 Å². The van der Waals surface area contributed by atoms with E-state index in [9.17, 15) is 23.1 Å². The molecule has 0 saturated carbocycles. The Balaban J connectivity index is 1.81. The zero-order valence-electron chi connectivity index (χ0n) is 17.0. The Morgan fingerprint density at radius 3 is 2.61 bits per heavy atom. The number of ether oxygens (including phenoxy) is 1. The van der Waals surface area contributed by atoms with Crippen molar-refractivity contribution in [3.8, 4) is 23.7 Å². The van der Waals surface area contributed by atoms with Gasteiger partial charge in [0.1, 0.15) is 12.0 Å². The van der Waals surface area contributed by atoms with Crippen molar-refractivity contribution in [2.24, 2.45) is 11.1 Å². The number of fused-ring (bicyclic) bond motifs is 1. The lowest BCUT2D eigenvalue weighted by Crippen LogP contribution is -2.54. The third-order valence-electron chi connectivity index (χ3n) is 5.26. The average molecular weight is 443 g/mol. The minimum atomic E-state index is -4.06. The molecular weight excluding hydrogens is 422 g/mol. The maximum Gasteiger partial charge on any atom is 0.246 e. The number of rotatable bonds is 6. The highest BCUT2D eigenvalue weighted by molar-refractivity contribution is 7.93. The lowest BCUT2D eigenvalue weighted by Gasteiger charge is -2.34. The summed E-state index contributed by atoms with van der Waals surface area (Å²) in [4.78, 5) is 24.3. The second-order valence-corrected chi connectivity index (χ2v) is 9.99. The highest BCUT2D eigenvalue weighted by atomic mass is 32.2. The number of carbonyl (C=O) groups excluding carboxylic acids is 2. The summed E-state index contributed by atoms with van der Waals surface area (Å²) >= 11 is 0. The van der Waals surface area contributed by atoms with Crippen molar-refractivity contribution >= 4 is 32.4 Å². The van der Waals surface area contributed by atoms with Crippen molar-refractivity contribution < 1.29 is 27.9 Å². The summed E-state index contributed by atoms with van der Waals surface area (Å²) < 4.78 is 27.9. The first-order chi connectivity index (χ1) is 14.5. The predicted octanol–water partition coefficient (Wildman–Crippen LogP) is -0.742. The molecule has 1 aliphatic heterocycles. The van der Waals surface area contributed by atoms with Crippen LogP contribution in [0, 0.1) is 29.1 Å². The zero-order chi connectivity index (χ0) is 22.9. The van der Waals surface area contributed by atoms with Gasteiger partial charge < -0.3 is 15.6 Å². The fourth-order valence-electron chi connectivity index (χ4n) is 2.88. The van der Waals surface area contributed by atoms with Crippen LogP contribution in [0.2, 0.25) is 0 Å². The normalized spacial score (nSPS) is 16.7. The van der Waals surface area contributed by atoms with Crippen LogP contribution < -0.4 is 5.73 Å². The number of aliphatic hydroxyl groups is 1. The van der Waals surface area contributed by atoms with Gasteiger partial charge in [-0.1, -0.05) is 11.8 Å². The van der Waals surface area contributed by atoms with Gasteiger partial charge in [-0.25, -0.2) is 8.42 Å². The summed E-state index contributed by atoms with van der Waals surface area (Å²) in [7, 11) is -4.06. The van der Waals surface area contributed by atoms with Crippen LogP contribution in [0.5, 0.6) is 0 Å². The molecule has 1 saturated heterocycles. The molecule has 1 aromatic heterocycles. The van der Waals surface area contributed by atoms with Gasteiger partial charge in [-0.3, -0.25) is 14.3 Å². The lowest BCUT2D eigenvalue weighted by molar-refractivity contribution is -0.130. The Bertz CT molecular complexity index is 1280. The molecular formula is C21H21N3O6S. The lowest BCUT2D eigenvalue weighted by atomic mass is 9.88. The largest absolute Gasteiger partial charge is 0.395 e. The first-order valence-electron chi connectivity index (χ1n) is 9.23. The summed E-state index contributed by atoms with van der Waals surface area (Å²) in [5.74, 6) is 9.18. The van der Waals surface area contributed by atoms with Crippen LogP contribution in [0.25, 0.3) is 10.9 Å². The first-order valence-corrected chi connectivity index (χ1v) is 11.1. The van der Waals surface area contributed by atoms with Gasteiger partial charge in [-0.15, -0.1) is 0 Å². The number of ketones is 1. The Kier molecular flexibility index (Phi) is 5.92. The number of aliphatic hydroxyl groups excluding tert-OH is 1. The summed E-state index contributed by atoms with van der Waals surface area (Å²) in [6, 6.07) is 5.18. The average Bonchev–Trinajstić information content (AvgIpc) is 3.06. The smallest absolute Gasteiger partial charge is 0.246 e. The minimum Gasteiger partial charge on any atom is -0.395 e. The maximum atomic E-state index is 12.6. The highest BCUT2D eigenvalue weighted by Crippen LogP contribution is 2.25. The van der Waals surface area contributed by atoms with E-state index in [4.69, 9.17) is 10.5 Å². The predicted molar refractivity (Wildman–Crippen MR) is 112 cm³/mol. The van der Waals surface area contributed by atoms with E-state index in [2.05, 4.69) is 28.8 Å². The van der Waals surface area contributed by atoms with E-state index in [-0.39, 0.29) is 6.61 Å². The topological polar surface area (TPSA) is 142 Å². The van der Waals surface area contributed by atoms with Crippen LogP contribution in [0.4, 0.5) is 0 Å². The van der Waals surface area contributed by atoms with E-state index in [1.807, 2.05) is 0 Å². The summed E-state index contributed by atoms with van der Waals surface area (Å²) in [5, 5.41) is 14.2. The maximum absolute atomic E-state index is 12.6. The summed E-state index contributed by atoms with van der Waals surface area (Å²) in [6.07, 6.45) is 2.35. The second-order valence-electron chi connectivity index (χ2n) is 7.62. The number of nitrogens with two attached hydrogens (primary N) is 1. The highest BCUT2D eigenvalue weighted by Gasteiger charge is 2.49. The standard InChI is InChI=1S/C21H21N3O6S/c1-20(19(22)27,31(2,28)29)18(26)11-24-10-16-9-15(6-7-17(16)23-24)5-3-4-8-21(12-25)13-30-14-21/h6-7,9-10,25H,11-14H2,1-2H3,(H2,22,27). The molecule has 1 fully saturated rings. The van der Waals surface area contributed by atoms with Crippen molar-refractivity contribution in [1.29, 1.82) is 0 Å². The Labute approximate surface area is 179 Å². The van der Waals surface area contributed by atoms with Crippen molar-refractivity contribution in [3.05, 3.63) is 30.0 Å². The minimum absolute atomic E-state index is 0.0837. The quantitative estimate of drug-likeness (QED) is 0.442. The van der Waals surface area contributed by atoms with Crippen LogP contribution in [-0.4, -0.2) is 65.8 Å². The molecule has 3 rings (SSSR count). The van der Waals surface area contributed by atoms with Gasteiger partial charge in [0.2, 0.25) is 10.7 Å². The van der Waals surface area contributed by atoms with Crippen LogP contribution in [0.3, 0.4) is 0 Å². The summed E-state index contributed by atoms with van der Waals surface area (Å²) in [6.45, 7) is 1.26. The fourth-order valence-corrected chi connectivity index (χ4v) is 3.72. The molecule has 1 aromatic carbocycles. The van der Waals surface area contributed by atoms with Gasteiger partial charge in [0, 0.05) is 23.4 Å². The van der Waals surface area contributed by atoms with Crippen molar-refractivity contribution in [2.75, 3.05) is 26.1 Å². The number of Topliss-reactive ketones (excluding diaryl/α,β-unsaturated/α-hetero) is 1. The third kappa shape index (κ3) is 4.32. The number of hydrogen-bond donors (Lipinski definition) is 2. The van der Waals surface area contributed by atoms with Crippen LogP contribution in [0.15, 0.2) is 24.4 Å². The van der Waals surface area contributed by atoms with E-state index < -0.39 is 38.2 Å². The number of nitrogens with zero attached hydrogens (tertiary/aromatic N) is 2. The van der Waals surface area contributed by atoms with E-state index >= 15 is 0 Å². The van der Waals surface area contributed by atoms with Gasteiger partial charge in [-0.2, -0.15) is 5.10 Å². The molecule has 162 valence electrons. The molecule has 9 nitrogen and oxygen atoms in total. The Morgan fingerprint density at radius 1 is 1.35 bits per heavy atom. The Morgan fingerprint density at radius 2 is 2.06 bits per heavy atom. The Hall–Kier alpha value is -3.18. The molecule has 2 aromatic rings. The first kappa shape index (κ1) is 22.5. The fraction of sp³-hybridized carbons (Fsp3) is 0.381. The molecule has 2 heterocycles. The monoisotopic (exact) mass is 443 g/mol. The number of benzene rings is 1. The van der Waals surface area contributed by atoms with Crippen molar-refractivity contribution in [1.82, 2.24) is 9.78 Å². The van der Waals surface area contributed by atoms with Crippen LogP contribution >= 0.6 is 0 Å². The third-order valence-corrected chi connectivity index (χ3v) is 7.17. The molecule has 31 heavy (non-hydrogen) atoms. The van der Waals surface area contributed by atoms with Crippen molar-refractivity contribution in [3.63, 3.8) is 0 Å². The van der Waals surface area contributed by atoms with Gasteiger partial charge in [0.15, 0.2) is 15.6 Å². The molecule has 1 amide bonds. The molecule has 1 unspecified atom stereocenters. The van der Waals surface area contributed by atoms with Gasteiger partial charge in [0.25, 0.3) is 0 Å². The number of sulfone groups is 1. The molecule has 1 atom stereocenters.